The molecule has 6 heteroatoms. The zero-order valence-corrected chi connectivity index (χ0v) is 14.8. The second kappa shape index (κ2) is 7.53. The van der Waals surface area contributed by atoms with Gasteiger partial charge in [0, 0.05) is 0 Å². The molecule has 124 valence electrons. The maximum atomic E-state index is 12.7. The Kier molecular flexibility index (Phi) is 5.69. The van der Waals surface area contributed by atoms with Crippen LogP contribution in [0.15, 0.2) is 54.6 Å². The maximum Gasteiger partial charge on any atom is 0.355 e. The Hall–Kier alpha value is -1.97. The molecule has 5 nitrogen and oxygen atoms in total. The monoisotopic (exact) mass is 335 g/mol. The lowest BCUT2D eigenvalue weighted by Crippen LogP contribution is -2.30. The van der Waals surface area contributed by atoms with Crippen LogP contribution < -0.4 is 14.1 Å². The molecule has 0 saturated carbocycles. The minimum Gasteiger partial charge on any atom is -0.497 e. The quantitative estimate of drug-likeness (QED) is 0.566. The molecule has 23 heavy (non-hydrogen) atoms. The molecule has 0 aliphatic carbocycles. The maximum absolute atomic E-state index is 12.7. The minimum atomic E-state index is -2.66. The fraction of sp³-hybridized carbons (Fsp3) is 0.294. The summed E-state index contributed by atoms with van der Waals surface area (Å²) in [5, 5.41) is 0. The fourth-order valence-electron chi connectivity index (χ4n) is 1.82. The van der Waals surface area contributed by atoms with E-state index in [1.54, 1.807) is 43.5 Å². The molecule has 0 heterocycles. The summed E-state index contributed by atoms with van der Waals surface area (Å²) < 4.78 is 23.4. The Balaban J connectivity index is 2.23. The predicted octanol–water partition coefficient (Wildman–Crippen LogP) is 4.70. The van der Waals surface area contributed by atoms with E-state index in [0.717, 1.165) is 0 Å². The molecule has 1 atom stereocenters. The zero-order valence-electron chi connectivity index (χ0n) is 13.8. The summed E-state index contributed by atoms with van der Waals surface area (Å²) in [6.45, 7) is 5.67. The minimum absolute atomic E-state index is 0.514. The van der Waals surface area contributed by atoms with Crippen molar-refractivity contribution in [2.75, 3.05) is 11.9 Å². The van der Waals surface area contributed by atoms with Crippen molar-refractivity contribution in [1.29, 1.82) is 0 Å². The molecule has 0 spiro atoms. The third-order valence-corrected chi connectivity index (χ3v) is 3.88. The van der Waals surface area contributed by atoms with Gasteiger partial charge in [-0.05, 0) is 57.2 Å². The van der Waals surface area contributed by atoms with Crippen LogP contribution in [-0.2, 0) is 9.40 Å². The number of hydrogen-bond acceptors (Lipinski definition) is 4. The summed E-state index contributed by atoms with van der Waals surface area (Å²) >= 11 is 0. The van der Waals surface area contributed by atoms with Crippen molar-refractivity contribution in [3.05, 3.63) is 54.6 Å². The van der Waals surface area contributed by atoms with Crippen molar-refractivity contribution in [2.24, 2.45) is 0 Å². The Morgan fingerprint density at radius 3 is 2.04 bits per heavy atom. The first-order valence-corrected chi connectivity index (χ1v) is 8.55. The van der Waals surface area contributed by atoms with Crippen LogP contribution in [-0.4, -0.2) is 12.7 Å². The summed E-state index contributed by atoms with van der Waals surface area (Å²) in [4.78, 5) is 7.16. The number of hydrogen-bond donors (Lipinski definition) is 0. The van der Waals surface area contributed by atoms with Crippen LogP contribution in [0.25, 0.3) is 0 Å². The van der Waals surface area contributed by atoms with Gasteiger partial charge in [-0.2, -0.15) is 4.83 Å². The number of para-hydroxylation sites is 1. The summed E-state index contributed by atoms with van der Waals surface area (Å²) in [5.74, 6) is 1.25. The van der Waals surface area contributed by atoms with E-state index in [0.29, 0.717) is 17.2 Å². The van der Waals surface area contributed by atoms with Crippen molar-refractivity contribution in [3.63, 3.8) is 0 Å². The molecule has 0 bridgehead atoms. The van der Waals surface area contributed by atoms with E-state index >= 15 is 0 Å². The molecule has 2 aromatic rings. The van der Waals surface area contributed by atoms with E-state index in [1.807, 2.05) is 39.0 Å². The SMILES string of the molecule is COc1ccc(N(OC(C)(C)C)[PH](=O)Oc2ccccc2)cc1. The molecule has 2 rings (SSSR count). The van der Waals surface area contributed by atoms with Gasteiger partial charge in [0.25, 0.3) is 0 Å². The van der Waals surface area contributed by atoms with Crippen LogP contribution in [0.5, 0.6) is 11.5 Å². The lowest BCUT2D eigenvalue weighted by Gasteiger charge is -2.30. The lowest BCUT2D eigenvalue weighted by atomic mass is 10.2. The molecule has 0 aliphatic heterocycles. The molecule has 1 unspecified atom stereocenters. The second-order valence-corrected chi connectivity index (χ2v) is 7.02. The average Bonchev–Trinajstić information content (AvgIpc) is 2.53. The topological polar surface area (TPSA) is 48.0 Å². The predicted molar refractivity (Wildman–Crippen MR) is 92.4 cm³/mol. The van der Waals surface area contributed by atoms with Crippen LogP contribution in [0.1, 0.15) is 20.8 Å². The van der Waals surface area contributed by atoms with Crippen LogP contribution in [0.2, 0.25) is 0 Å². The molecule has 2 aromatic carbocycles. The highest BCUT2D eigenvalue weighted by Gasteiger charge is 2.23. The number of ether oxygens (including phenoxy) is 1. The standard InChI is InChI=1S/C17H22NO4P/c1-17(2,3)22-18(14-10-12-15(20-4)13-11-14)23(19)21-16-8-6-5-7-9-16/h5-13,23H,1-4H3. The average molecular weight is 335 g/mol. The van der Waals surface area contributed by atoms with Crippen molar-refractivity contribution in [1.82, 2.24) is 0 Å². The van der Waals surface area contributed by atoms with Gasteiger partial charge in [-0.25, -0.2) is 0 Å². The van der Waals surface area contributed by atoms with Crippen LogP contribution in [0.4, 0.5) is 5.69 Å². The molecule has 0 aromatic heterocycles. The number of benzene rings is 2. The summed E-state index contributed by atoms with van der Waals surface area (Å²) in [6.07, 6.45) is 0. The van der Waals surface area contributed by atoms with Crippen molar-refractivity contribution in [2.45, 2.75) is 26.4 Å². The molecule has 0 N–H and O–H groups in total. The first kappa shape index (κ1) is 17.4. The molecule has 0 saturated heterocycles. The van der Waals surface area contributed by atoms with E-state index < -0.39 is 13.8 Å². The third-order valence-electron chi connectivity index (χ3n) is 2.79. The highest BCUT2D eigenvalue weighted by molar-refractivity contribution is 7.41. The van der Waals surface area contributed by atoms with E-state index in [1.165, 1.54) is 4.83 Å². The smallest absolute Gasteiger partial charge is 0.355 e. The van der Waals surface area contributed by atoms with E-state index in [9.17, 15) is 4.57 Å². The third kappa shape index (κ3) is 5.31. The van der Waals surface area contributed by atoms with Gasteiger partial charge >= 0.3 is 8.18 Å². The van der Waals surface area contributed by atoms with Crippen molar-refractivity contribution >= 4 is 13.9 Å². The van der Waals surface area contributed by atoms with Gasteiger partial charge in [0.2, 0.25) is 0 Å². The largest absolute Gasteiger partial charge is 0.497 e. The highest BCUT2D eigenvalue weighted by Crippen LogP contribution is 2.38. The van der Waals surface area contributed by atoms with E-state index in [4.69, 9.17) is 14.1 Å². The highest BCUT2D eigenvalue weighted by atomic mass is 31.1. The van der Waals surface area contributed by atoms with Crippen molar-refractivity contribution in [3.8, 4) is 11.5 Å². The molecular weight excluding hydrogens is 313 g/mol. The Morgan fingerprint density at radius 1 is 0.913 bits per heavy atom. The number of methoxy groups -OCH3 is 1. The fourth-order valence-corrected chi connectivity index (χ4v) is 2.95. The van der Waals surface area contributed by atoms with Crippen LogP contribution in [0.3, 0.4) is 0 Å². The van der Waals surface area contributed by atoms with Gasteiger partial charge in [0.15, 0.2) is 0 Å². The molecular formula is C17H22NO4P. The van der Waals surface area contributed by atoms with Gasteiger partial charge in [-0.1, -0.05) is 18.2 Å². The normalized spacial score (nSPS) is 12.5. The van der Waals surface area contributed by atoms with Gasteiger partial charge < -0.3 is 9.26 Å². The Labute approximate surface area is 137 Å². The Morgan fingerprint density at radius 2 is 1.52 bits per heavy atom. The molecule has 0 fully saturated rings. The summed E-state index contributed by atoms with van der Waals surface area (Å²) in [6, 6.07) is 16.2. The van der Waals surface area contributed by atoms with Gasteiger partial charge in [0.1, 0.15) is 11.5 Å². The van der Waals surface area contributed by atoms with Crippen molar-refractivity contribution < 1.29 is 18.7 Å². The van der Waals surface area contributed by atoms with Gasteiger partial charge in [0.05, 0.1) is 18.4 Å². The Bertz CT molecular complexity index is 638. The van der Waals surface area contributed by atoms with Gasteiger partial charge in [-0.15, -0.1) is 0 Å². The number of rotatable bonds is 6. The summed E-state index contributed by atoms with van der Waals surface area (Å²) in [7, 11) is -1.07. The number of anilines is 1. The molecule has 0 radical (unpaired) electrons. The first-order valence-electron chi connectivity index (χ1n) is 7.29. The molecule has 0 amide bonds. The van der Waals surface area contributed by atoms with Gasteiger partial charge in [-0.3, -0.25) is 9.40 Å². The van der Waals surface area contributed by atoms with E-state index in [-0.39, 0.29) is 0 Å². The second-order valence-electron chi connectivity index (χ2n) is 5.88. The van der Waals surface area contributed by atoms with Crippen LogP contribution in [0, 0.1) is 0 Å². The lowest BCUT2D eigenvalue weighted by molar-refractivity contribution is 0.00452. The number of nitrogens with zero attached hydrogens (tertiary/aromatic N) is 1. The molecule has 0 aliphatic rings. The summed E-state index contributed by atoms with van der Waals surface area (Å²) in [5.41, 5.74) is 0.126. The first-order chi connectivity index (χ1) is 10.9. The van der Waals surface area contributed by atoms with E-state index in [2.05, 4.69) is 0 Å². The van der Waals surface area contributed by atoms with Crippen LogP contribution >= 0.6 is 8.18 Å². The zero-order chi connectivity index (χ0) is 16.9.